The summed E-state index contributed by atoms with van der Waals surface area (Å²) in [5.41, 5.74) is 1.33. The van der Waals surface area contributed by atoms with Gasteiger partial charge in [0, 0.05) is 11.9 Å². The number of aliphatic hydroxyl groups excluding tert-OH is 1. The van der Waals surface area contributed by atoms with Crippen LogP contribution in [0, 0.1) is 19.7 Å². The van der Waals surface area contributed by atoms with Crippen molar-refractivity contribution in [3.63, 3.8) is 0 Å². The van der Waals surface area contributed by atoms with Crippen LogP contribution in [0.25, 0.3) is 0 Å². The fourth-order valence-corrected chi connectivity index (χ4v) is 3.49. The van der Waals surface area contributed by atoms with E-state index < -0.39 is 11.9 Å². The first-order chi connectivity index (χ1) is 10.8. The Balaban J connectivity index is 2.06. The lowest BCUT2D eigenvalue weighted by atomic mass is 10.1. The summed E-state index contributed by atoms with van der Waals surface area (Å²) in [6.07, 6.45) is -1.10. The number of thiazole rings is 1. The number of carbonyl (C=O) groups is 1. The summed E-state index contributed by atoms with van der Waals surface area (Å²) < 4.78 is 13.2. The number of halogens is 1. The predicted molar refractivity (Wildman–Crippen MR) is 88.7 cm³/mol. The van der Waals surface area contributed by atoms with E-state index in [1.807, 2.05) is 20.8 Å². The maximum Gasteiger partial charge on any atom is 0.225 e. The van der Waals surface area contributed by atoms with E-state index in [9.17, 15) is 14.3 Å². The minimum atomic E-state index is -1.02. The van der Waals surface area contributed by atoms with E-state index in [4.69, 9.17) is 0 Å². The quantitative estimate of drug-likeness (QED) is 0.908. The van der Waals surface area contributed by atoms with Crippen LogP contribution < -0.4 is 0 Å². The van der Waals surface area contributed by atoms with Crippen LogP contribution >= 0.6 is 11.3 Å². The van der Waals surface area contributed by atoms with E-state index in [-0.39, 0.29) is 18.4 Å². The second-order valence-electron chi connectivity index (χ2n) is 5.64. The third-order valence-corrected chi connectivity index (χ3v) is 5.14. The highest BCUT2D eigenvalue weighted by Gasteiger charge is 2.23. The van der Waals surface area contributed by atoms with E-state index >= 15 is 0 Å². The van der Waals surface area contributed by atoms with Gasteiger partial charge in [0.1, 0.15) is 5.82 Å². The summed E-state index contributed by atoms with van der Waals surface area (Å²) in [5, 5.41) is 11.1. The molecule has 6 heteroatoms. The lowest BCUT2D eigenvalue weighted by Crippen LogP contribution is -2.30. The number of amides is 1. The van der Waals surface area contributed by atoms with E-state index in [0.29, 0.717) is 5.56 Å². The molecule has 1 aromatic carbocycles. The van der Waals surface area contributed by atoms with Crippen molar-refractivity contribution in [2.24, 2.45) is 0 Å². The Hall–Kier alpha value is -1.79. The van der Waals surface area contributed by atoms with Crippen molar-refractivity contribution >= 4 is 17.2 Å². The second kappa shape index (κ2) is 7.19. The number of rotatable bonds is 5. The Kier molecular flexibility index (Phi) is 5.49. The smallest absolute Gasteiger partial charge is 0.225 e. The van der Waals surface area contributed by atoms with Gasteiger partial charge in [-0.05, 0) is 38.5 Å². The molecule has 0 radical (unpaired) electrons. The highest BCUT2D eigenvalue weighted by atomic mass is 32.1. The molecule has 1 amide bonds. The van der Waals surface area contributed by atoms with Crippen molar-refractivity contribution < 1.29 is 14.3 Å². The Bertz CT molecular complexity index is 702. The predicted octanol–water partition coefficient (Wildman–Crippen LogP) is 3.54. The molecule has 0 bridgehead atoms. The van der Waals surface area contributed by atoms with Gasteiger partial charge in [0.25, 0.3) is 0 Å². The van der Waals surface area contributed by atoms with Crippen molar-refractivity contribution in [3.8, 4) is 0 Å². The molecule has 0 aliphatic rings. The average molecular weight is 336 g/mol. The van der Waals surface area contributed by atoms with Crippen molar-refractivity contribution in [2.45, 2.75) is 39.3 Å². The first-order valence-electron chi connectivity index (χ1n) is 7.42. The van der Waals surface area contributed by atoms with Gasteiger partial charge in [-0.15, -0.1) is 11.3 Å². The molecule has 0 fully saturated rings. The molecular weight excluding hydrogens is 315 g/mol. The highest BCUT2D eigenvalue weighted by Crippen LogP contribution is 2.29. The van der Waals surface area contributed by atoms with E-state index in [1.54, 1.807) is 29.4 Å². The number of aliphatic hydroxyl groups is 1. The summed E-state index contributed by atoms with van der Waals surface area (Å²) in [7, 11) is 1.71. The number of hydrogen-bond donors (Lipinski definition) is 1. The Morgan fingerprint density at radius 3 is 2.70 bits per heavy atom. The molecule has 0 saturated carbocycles. The number of nitrogens with zero attached hydrogens (tertiary/aromatic N) is 2. The number of hydrogen-bond acceptors (Lipinski definition) is 4. The Morgan fingerprint density at radius 2 is 2.13 bits per heavy atom. The maximum atomic E-state index is 13.2. The van der Waals surface area contributed by atoms with Crippen LogP contribution in [0.2, 0.25) is 0 Å². The first-order valence-corrected chi connectivity index (χ1v) is 8.24. The largest absolute Gasteiger partial charge is 0.388 e. The molecule has 124 valence electrons. The zero-order valence-corrected chi connectivity index (χ0v) is 14.5. The average Bonchev–Trinajstić information content (AvgIpc) is 2.84. The van der Waals surface area contributed by atoms with E-state index in [2.05, 4.69) is 4.98 Å². The van der Waals surface area contributed by atoms with Gasteiger partial charge in [0.15, 0.2) is 0 Å². The zero-order chi connectivity index (χ0) is 17.1. The van der Waals surface area contributed by atoms with Crippen LogP contribution in [-0.4, -0.2) is 27.9 Å². The standard InChI is InChI=1S/C17H21FN2O2S/c1-10-17(23-12(3)19-10)11(2)20(4)16(22)9-15(21)13-6-5-7-14(18)8-13/h5-8,11,15,21H,9H2,1-4H3. The van der Waals surface area contributed by atoms with Crippen LogP contribution in [0.4, 0.5) is 4.39 Å². The molecule has 0 aliphatic carbocycles. The van der Waals surface area contributed by atoms with E-state index in [1.165, 1.54) is 18.2 Å². The topological polar surface area (TPSA) is 53.4 Å². The van der Waals surface area contributed by atoms with Crippen LogP contribution in [0.1, 0.15) is 46.6 Å². The summed E-state index contributed by atoms with van der Waals surface area (Å²) in [4.78, 5) is 19.4. The lowest BCUT2D eigenvalue weighted by molar-refractivity contribution is -0.133. The fourth-order valence-electron chi connectivity index (χ4n) is 2.47. The molecule has 1 N–H and O–H groups in total. The molecule has 2 unspecified atom stereocenters. The van der Waals surface area contributed by atoms with Crippen LogP contribution in [0.3, 0.4) is 0 Å². The van der Waals surface area contributed by atoms with Crippen molar-refractivity contribution in [2.75, 3.05) is 7.05 Å². The van der Waals surface area contributed by atoms with Gasteiger partial charge >= 0.3 is 0 Å². The first kappa shape index (κ1) is 17.6. The summed E-state index contributed by atoms with van der Waals surface area (Å²) in [6, 6.07) is 5.57. The number of benzene rings is 1. The molecule has 23 heavy (non-hydrogen) atoms. The zero-order valence-electron chi connectivity index (χ0n) is 13.7. The van der Waals surface area contributed by atoms with Gasteiger partial charge in [-0.1, -0.05) is 12.1 Å². The SMILES string of the molecule is Cc1nc(C)c(C(C)N(C)C(=O)CC(O)c2cccc(F)c2)s1. The molecule has 4 nitrogen and oxygen atoms in total. The molecule has 0 saturated heterocycles. The van der Waals surface area contributed by atoms with Crippen molar-refractivity contribution in [3.05, 3.63) is 51.2 Å². The highest BCUT2D eigenvalue weighted by molar-refractivity contribution is 7.11. The molecule has 0 spiro atoms. The molecule has 1 heterocycles. The second-order valence-corrected chi connectivity index (χ2v) is 6.87. The van der Waals surface area contributed by atoms with Crippen molar-refractivity contribution in [1.82, 2.24) is 9.88 Å². The Labute approximate surface area is 139 Å². The number of aromatic nitrogens is 1. The fraction of sp³-hybridized carbons (Fsp3) is 0.412. The molecular formula is C17H21FN2O2S. The lowest BCUT2D eigenvalue weighted by Gasteiger charge is -2.25. The number of aryl methyl sites for hydroxylation is 2. The van der Waals surface area contributed by atoms with Crippen LogP contribution in [0.15, 0.2) is 24.3 Å². The maximum absolute atomic E-state index is 13.2. The molecule has 2 aromatic rings. The third-order valence-electron chi connectivity index (χ3n) is 3.89. The number of carbonyl (C=O) groups excluding carboxylic acids is 1. The Morgan fingerprint density at radius 1 is 1.43 bits per heavy atom. The summed E-state index contributed by atoms with van der Waals surface area (Å²) in [6.45, 7) is 5.80. The van der Waals surface area contributed by atoms with Gasteiger partial charge in [-0.3, -0.25) is 4.79 Å². The van der Waals surface area contributed by atoms with Crippen LogP contribution in [-0.2, 0) is 4.79 Å². The monoisotopic (exact) mass is 336 g/mol. The van der Waals surface area contributed by atoms with Gasteiger partial charge in [0.05, 0.1) is 29.3 Å². The van der Waals surface area contributed by atoms with Gasteiger partial charge in [-0.25, -0.2) is 9.37 Å². The molecule has 1 aromatic heterocycles. The minimum absolute atomic E-state index is 0.0822. The summed E-state index contributed by atoms with van der Waals surface area (Å²) >= 11 is 1.57. The molecule has 2 rings (SSSR count). The minimum Gasteiger partial charge on any atom is -0.388 e. The van der Waals surface area contributed by atoms with Crippen molar-refractivity contribution in [1.29, 1.82) is 0 Å². The third kappa shape index (κ3) is 4.14. The van der Waals surface area contributed by atoms with Crippen LogP contribution in [0.5, 0.6) is 0 Å². The van der Waals surface area contributed by atoms with Gasteiger partial charge in [-0.2, -0.15) is 0 Å². The van der Waals surface area contributed by atoms with Gasteiger partial charge < -0.3 is 10.0 Å². The van der Waals surface area contributed by atoms with Gasteiger partial charge in [0.2, 0.25) is 5.91 Å². The molecule has 0 aliphatic heterocycles. The molecule has 2 atom stereocenters. The van der Waals surface area contributed by atoms with E-state index in [0.717, 1.165) is 15.6 Å². The normalized spacial score (nSPS) is 13.7. The summed E-state index contributed by atoms with van der Waals surface area (Å²) in [5.74, 6) is -0.619.